The predicted molar refractivity (Wildman–Crippen MR) is 88.2 cm³/mol. The van der Waals surface area contributed by atoms with E-state index in [2.05, 4.69) is 20.8 Å². The SMILES string of the molecule is CC(C)=C1CC[C@@H](C)C[C@@H]1CC(=O)Oc1ccc([N+](=O)[O-])cc1. The quantitative estimate of drug-likeness (QED) is 0.266. The lowest BCUT2D eigenvalue weighted by Gasteiger charge is -2.30. The molecule has 0 aliphatic heterocycles. The molecule has 0 N–H and O–H groups in total. The van der Waals surface area contributed by atoms with E-state index in [-0.39, 0.29) is 17.6 Å². The number of hydrogen-bond donors (Lipinski definition) is 0. The Bertz CT molecular complexity index is 614. The van der Waals surface area contributed by atoms with Gasteiger partial charge in [-0.2, -0.15) is 0 Å². The van der Waals surface area contributed by atoms with Crippen LogP contribution in [0.2, 0.25) is 0 Å². The fourth-order valence-corrected chi connectivity index (χ4v) is 3.23. The fourth-order valence-electron chi connectivity index (χ4n) is 3.23. The minimum atomic E-state index is -0.476. The van der Waals surface area contributed by atoms with Gasteiger partial charge in [0, 0.05) is 12.1 Å². The van der Waals surface area contributed by atoms with Gasteiger partial charge in [0.25, 0.3) is 5.69 Å². The zero-order chi connectivity index (χ0) is 17.0. The molecule has 0 radical (unpaired) electrons. The largest absolute Gasteiger partial charge is 0.427 e. The Kier molecular flexibility index (Phi) is 5.53. The summed E-state index contributed by atoms with van der Waals surface area (Å²) in [6, 6.07) is 5.60. The van der Waals surface area contributed by atoms with E-state index >= 15 is 0 Å². The smallest absolute Gasteiger partial charge is 0.311 e. The monoisotopic (exact) mass is 317 g/mol. The second-order valence-electron chi connectivity index (χ2n) is 6.53. The number of allylic oxidation sites excluding steroid dienone is 2. The second kappa shape index (κ2) is 7.40. The molecule has 0 aromatic heterocycles. The highest BCUT2D eigenvalue weighted by Gasteiger charge is 2.27. The Morgan fingerprint density at radius 2 is 1.96 bits per heavy atom. The minimum Gasteiger partial charge on any atom is -0.427 e. The molecule has 1 saturated carbocycles. The number of benzene rings is 1. The van der Waals surface area contributed by atoms with E-state index < -0.39 is 4.92 Å². The van der Waals surface area contributed by atoms with E-state index in [0.717, 1.165) is 12.8 Å². The number of nitro groups is 1. The molecule has 124 valence electrons. The Morgan fingerprint density at radius 1 is 1.30 bits per heavy atom. The first-order valence-electron chi connectivity index (χ1n) is 7.98. The predicted octanol–water partition coefficient (Wildman–Crippen LogP) is 4.66. The molecule has 1 aliphatic rings. The number of carbonyl (C=O) groups excluding carboxylic acids is 1. The van der Waals surface area contributed by atoms with E-state index in [1.165, 1.54) is 41.8 Å². The van der Waals surface area contributed by atoms with Crippen molar-refractivity contribution in [3.63, 3.8) is 0 Å². The van der Waals surface area contributed by atoms with Crippen molar-refractivity contribution in [2.24, 2.45) is 11.8 Å². The van der Waals surface area contributed by atoms with E-state index in [1.807, 2.05) is 0 Å². The second-order valence-corrected chi connectivity index (χ2v) is 6.53. The molecule has 2 rings (SSSR count). The zero-order valence-corrected chi connectivity index (χ0v) is 13.9. The van der Waals surface area contributed by atoms with Gasteiger partial charge in [0.2, 0.25) is 0 Å². The molecule has 0 unspecified atom stereocenters. The lowest BCUT2D eigenvalue weighted by atomic mass is 9.75. The van der Waals surface area contributed by atoms with Gasteiger partial charge in [-0.15, -0.1) is 0 Å². The molecule has 0 bridgehead atoms. The third-order valence-corrected chi connectivity index (χ3v) is 4.42. The maximum absolute atomic E-state index is 12.2. The molecular formula is C18H23NO4. The van der Waals surface area contributed by atoms with Gasteiger partial charge in [0.15, 0.2) is 0 Å². The van der Waals surface area contributed by atoms with Crippen molar-refractivity contribution >= 4 is 11.7 Å². The van der Waals surface area contributed by atoms with Crippen molar-refractivity contribution in [1.82, 2.24) is 0 Å². The van der Waals surface area contributed by atoms with Crippen LogP contribution in [0, 0.1) is 22.0 Å². The van der Waals surface area contributed by atoms with Crippen LogP contribution >= 0.6 is 0 Å². The van der Waals surface area contributed by atoms with Crippen molar-refractivity contribution in [2.75, 3.05) is 0 Å². The molecule has 1 aliphatic carbocycles. The van der Waals surface area contributed by atoms with Crippen LogP contribution in [0.15, 0.2) is 35.4 Å². The number of carbonyl (C=O) groups is 1. The Balaban J connectivity index is 2.00. The molecule has 2 atom stereocenters. The van der Waals surface area contributed by atoms with E-state index in [1.54, 1.807) is 0 Å². The van der Waals surface area contributed by atoms with Crippen molar-refractivity contribution in [2.45, 2.75) is 46.5 Å². The third-order valence-electron chi connectivity index (χ3n) is 4.42. The number of non-ortho nitro benzene ring substituents is 1. The van der Waals surface area contributed by atoms with Gasteiger partial charge >= 0.3 is 5.97 Å². The van der Waals surface area contributed by atoms with Gasteiger partial charge in [-0.1, -0.05) is 18.1 Å². The third kappa shape index (κ3) is 4.65. The number of nitrogens with zero attached hydrogens (tertiary/aromatic N) is 1. The van der Waals surface area contributed by atoms with Gasteiger partial charge in [-0.05, 0) is 57.1 Å². The zero-order valence-electron chi connectivity index (χ0n) is 13.9. The summed E-state index contributed by atoms with van der Waals surface area (Å²) in [5.74, 6) is 0.935. The molecular weight excluding hydrogens is 294 g/mol. The van der Waals surface area contributed by atoms with Gasteiger partial charge in [-0.3, -0.25) is 14.9 Å². The van der Waals surface area contributed by atoms with Gasteiger partial charge < -0.3 is 4.74 Å². The average Bonchev–Trinajstić information content (AvgIpc) is 2.47. The molecule has 5 nitrogen and oxygen atoms in total. The highest BCUT2D eigenvalue weighted by Crippen LogP contribution is 2.37. The minimum absolute atomic E-state index is 0.0160. The summed E-state index contributed by atoms with van der Waals surface area (Å²) in [5.41, 5.74) is 2.66. The van der Waals surface area contributed by atoms with Crippen LogP contribution in [0.1, 0.15) is 46.5 Å². The maximum atomic E-state index is 12.2. The van der Waals surface area contributed by atoms with Crippen molar-refractivity contribution in [3.8, 4) is 5.75 Å². The molecule has 1 fully saturated rings. The number of esters is 1. The summed E-state index contributed by atoms with van der Waals surface area (Å²) in [4.78, 5) is 22.3. The van der Waals surface area contributed by atoms with E-state index in [4.69, 9.17) is 4.74 Å². The first-order chi connectivity index (χ1) is 10.9. The molecule has 0 heterocycles. The summed E-state index contributed by atoms with van der Waals surface area (Å²) in [6.07, 6.45) is 3.60. The highest BCUT2D eigenvalue weighted by atomic mass is 16.6. The summed E-state index contributed by atoms with van der Waals surface area (Å²) >= 11 is 0. The fraction of sp³-hybridized carbons (Fsp3) is 0.500. The van der Waals surface area contributed by atoms with Crippen LogP contribution in [-0.2, 0) is 4.79 Å². The topological polar surface area (TPSA) is 69.4 Å². The van der Waals surface area contributed by atoms with Crippen LogP contribution in [-0.4, -0.2) is 10.9 Å². The summed E-state index contributed by atoms with van der Waals surface area (Å²) in [5, 5.41) is 10.6. The molecule has 23 heavy (non-hydrogen) atoms. The van der Waals surface area contributed by atoms with Gasteiger partial charge in [0.1, 0.15) is 5.75 Å². The summed E-state index contributed by atoms with van der Waals surface area (Å²) in [7, 11) is 0. The Labute approximate surface area is 136 Å². The lowest BCUT2D eigenvalue weighted by molar-refractivity contribution is -0.384. The molecule has 5 heteroatoms. The average molecular weight is 317 g/mol. The van der Waals surface area contributed by atoms with E-state index in [9.17, 15) is 14.9 Å². The number of nitro benzene ring substituents is 1. The van der Waals surface area contributed by atoms with Crippen LogP contribution < -0.4 is 4.74 Å². The standard InChI is InChI=1S/C18H23NO4/c1-12(2)17-9-4-13(3)10-14(17)11-18(20)23-16-7-5-15(6-8-16)19(21)22/h5-8,13-14H,4,9-11H2,1-3H3/t13-,14-/m1/s1. The van der Waals surface area contributed by atoms with E-state index in [0.29, 0.717) is 18.1 Å². The molecule has 0 spiro atoms. The van der Waals surface area contributed by atoms with Crippen LogP contribution in [0.5, 0.6) is 5.75 Å². The Hall–Kier alpha value is -2.17. The summed E-state index contributed by atoms with van der Waals surface area (Å²) in [6.45, 7) is 6.41. The Morgan fingerprint density at radius 3 is 2.52 bits per heavy atom. The molecule has 0 saturated heterocycles. The van der Waals surface area contributed by atoms with Crippen molar-refractivity contribution in [1.29, 1.82) is 0 Å². The number of hydrogen-bond acceptors (Lipinski definition) is 4. The normalized spacial score (nSPS) is 20.9. The molecule has 1 aromatic rings. The lowest BCUT2D eigenvalue weighted by Crippen LogP contribution is -2.22. The van der Waals surface area contributed by atoms with Crippen LogP contribution in [0.3, 0.4) is 0 Å². The first kappa shape index (κ1) is 17.2. The first-order valence-corrected chi connectivity index (χ1v) is 7.98. The highest BCUT2D eigenvalue weighted by molar-refractivity contribution is 5.73. The van der Waals surface area contributed by atoms with Crippen LogP contribution in [0.25, 0.3) is 0 Å². The van der Waals surface area contributed by atoms with Crippen LogP contribution in [0.4, 0.5) is 5.69 Å². The molecule has 0 amide bonds. The summed E-state index contributed by atoms with van der Waals surface area (Å²) < 4.78 is 5.33. The maximum Gasteiger partial charge on any atom is 0.311 e. The van der Waals surface area contributed by atoms with Crippen molar-refractivity contribution in [3.05, 3.63) is 45.5 Å². The number of rotatable bonds is 4. The molecule has 1 aromatic carbocycles. The number of ether oxygens (including phenoxy) is 1. The van der Waals surface area contributed by atoms with Crippen molar-refractivity contribution < 1.29 is 14.5 Å². The van der Waals surface area contributed by atoms with Gasteiger partial charge in [-0.25, -0.2) is 0 Å². The van der Waals surface area contributed by atoms with Gasteiger partial charge in [0.05, 0.1) is 11.3 Å².